The van der Waals surface area contributed by atoms with Gasteiger partial charge in [-0.15, -0.1) is 12.4 Å². The summed E-state index contributed by atoms with van der Waals surface area (Å²) in [4.78, 5) is 14.0. The predicted octanol–water partition coefficient (Wildman–Crippen LogP) is 1.96. The average Bonchev–Trinajstić information content (AvgIpc) is 3.03. The Kier molecular flexibility index (Phi) is 8.94. The molecule has 1 saturated carbocycles. The molecular formula is C16H29ClF3N3O2. The van der Waals surface area contributed by atoms with E-state index in [1.165, 1.54) is 4.90 Å². The predicted molar refractivity (Wildman–Crippen MR) is 91.9 cm³/mol. The van der Waals surface area contributed by atoms with Crippen LogP contribution in [0, 0.1) is 5.41 Å². The number of carbonyl (C=O) groups is 1. The number of nitrogens with one attached hydrogen (secondary N) is 2. The van der Waals surface area contributed by atoms with Gasteiger partial charge in [0, 0.05) is 46.4 Å². The number of halogens is 4. The Bertz CT molecular complexity index is 412. The van der Waals surface area contributed by atoms with E-state index < -0.39 is 17.6 Å². The minimum atomic E-state index is -4.35. The van der Waals surface area contributed by atoms with Crippen LogP contribution in [0.3, 0.4) is 0 Å². The molecule has 1 unspecified atom stereocenters. The number of nitrogens with zero attached hydrogens (tertiary/aromatic N) is 1. The number of amides is 1. The molecule has 1 aliphatic heterocycles. The zero-order chi connectivity index (χ0) is 17.6. The van der Waals surface area contributed by atoms with Gasteiger partial charge >= 0.3 is 6.18 Å². The van der Waals surface area contributed by atoms with Gasteiger partial charge in [0.15, 0.2) is 0 Å². The second-order valence-corrected chi connectivity index (χ2v) is 6.78. The molecule has 5 nitrogen and oxygen atoms in total. The molecule has 1 amide bonds. The number of methoxy groups -OCH3 is 1. The van der Waals surface area contributed by atoms with Gasteiger partial charge in [-0.05, 0) is 19.3 Å². The zero-order valence-electron chi connectivity index (χ0n) is 14.7. The van der Waals surface area contributed by atoms with E-state index in [1.807, 2.05) is 0 Å². The summed E-state index contributed by atoms with van der Waals surface area (Å²) in [5.74, 6) is -0.249. The summed E-state index contributed by atoms with van der Waals surface area (Å²) in [5.41, 5.74) is -0.560. The van der Waals surface area contributed by atoms with Crippen LogP contribution in [0.15, 0.2) is 0 Å². The topological polar surface area (TPSA) is 53.6 Å². The molecule has 2 N–H and O–H groups in total. The smallest absolute Gasteiger partial charge is 0.385 e. The highest BCUT2D eigenvalue weighted by atomic mass is 35.5. The van der Waals surface area contributed by atoms with Gasteiger partial charge in [-0.2, -0.15) is 13.2 Å². The van der Waals surface area contributed by atoms with Crippen LogP contribution in [0.4, 0.5) is 13.2 Å². The maximum Gasteiger partial charge on any atom is 0.405 e. The highest BCUT2D eigenvalue weighted by Crippen LogP contribution is 2.41. The maximum atomic E-state index is 13.4. The third-order valence-electron chi connectivity index (χ3n) is 5.25. The van der Waals surface area contributed by atoms with Crippen LogP contribution in [0.5, 0.6) is 0 Å². The quantitative estimate of drug-likeness (QED) is 0.701. The second-order valence-electron chi connectivity index (χ2n) is 6.78. The molecule has 1 heterocycles. The number of carbonyl (C=O) groups excluding carboxylic acids is 1. The summed E-state index contributed by atoms with van der Waals surface area (Å²) in [6, 6.07) is -1.62. The lowest BCUT2D eigenvalue weighted by Gasteiger charge is -2.37. The molecular weight excluding hydrogens is 359 g/mol. The van der Waals surface area contributed by atoms with E-state index in [-0.39, 0.29) is 24.9 Å². The van der Waals surface area contributed by atoms with E-state index in [0.29, 0.717) is 39.2 Å². The lowest BCUT2D eigenvalue weighted by atomic mass is 9.82. The lowest BCUT2D eigenvalue weighted by molar-refractivity contribution is -0.184. The number of hydrogen-bond acceptors (Lipinski definition) is 4. The molecule has 0 aromatic carbocycles. The molecule has 2 rings (SSSR count). The highest BCUT2D eigenvalue weighted by Gasteiger charge is 2.46. The fraction of sp³-hybridized carbons (Fsp3) is 0.938. The van der Waals surface area contributed by atoms with Gasteiger partial charge in [0.1, 0.15) is 6.04 Å². The van der Waals surface area contributed by atoms with Gasteiger partial charge in [0.05, 0.1) is 5.41 Å². The number of rotatable bonds is 7. The third-order valence-corrected chi connectivity index (χ3v) is 5.25. The Balaban J connectivity index is 0.00000312. The van der Waals surface area contributed by atoms with Crippen LogP contribution in [0.25, 0.3) is 0 Å². The monoisotopic (exact) mass is 387 g/mol. The van der Waals surface area contributed by atoms with Crippen LogP contribution in [-0.2, 0) is 9.53 Å². The van der Waals surface area contributed by atoms with Gasteiger partial charge < -0.3 is 15.4 Å². The Morgan fingerprint density at radius 3 is 2.40 bits per heavy atom. The first-order valence-electron chi connectivity index (χ1n) is 8.68. The Hall–Kier alpha value is -0.570. The van der Waals surface area contributed by atoms with Crippen molar-refractivity contribution < 1.29 is 22.7 Å². The summed E-state index contributed by atoms with van der Waals surface area (Å²) in [6.45, 7) is 1.84. The number of hydrogen-bond donors (Lipinski definition) is 2. The fourth-order valence-electron chi connectivity index (χ4n) is 3.76. The zero-order valence-corrected chi connectivity index (χ0v) is 15.5. The Labute approximate surface area is 153 Å². The van der Waals surface area contributed by atoms with Gasteiger partial charge in [0.2, 0.25) is 5.91 Å². The maximum absolute atomic E-state index is 13.4. The number of piperazine rings is 1. The summed E-state index contributed by atoms with van der Waals surface area (Å²) < 4.78 is 45.3. The van der Waals surface area contributed by atoms with E-state index in [2.05, 4.69) is 10.6 Å². The largest absolute Gasteiger partial charge is 0.405 e. The number of alkyl halides is 3. The molecule has 1 saturated heterocycles. The summed E-state index contributed by atoms with van der Waals surface area (Å²) >= 11 is 0. The van der Waals surface area contributed by atoms with E-state index >= 15 is 0 Å². The van der Waals surface area contributed by atoms with Crippen molar-refractivity contribution in [3.8, 4) is 0 Å². The van der Waals surface area contributed by atoms with E-state index in [9.17, 15) is 18.0 Å². The first-order chi connectivity index (χ1) is 11.4. The first-order valence-corrected chi connectivity index (χ1v) is 8.68. The van der Waals surface area contributed by atoms with Crippen molar-refractivity contribution in [2.24, 2.45) is 5.41 Å². The molecule has 0 spiro atoms. The molecule has 1 aliphatic carbocycles. The van der Waals surface area contributed by atoms with E-state index in [1.54, 1.807) is 7.11 Å². The van der Waals surface area contributed by atoms with E-state index in [4.69, 9.17) is 4.74 Å². The van der Waals surface area contributed by atoms with Crippen molar-refractivity contribution in [2.75, 3.05) is 46.4 Å². The molecule has 1 atom stereocenters. The van der Waals surface area contributed by atoms with Crippen molar-refractivity contribution in [3.63, 3.8) is 0 Å². The summed E-state index contributed by atoms with van der Waals surface area (Å²) in [5, 5.41) is 5.65. The molecule has 148 valence electrons. The Morgan fingerprint density at radius 1 is 1.28 bits per heavy atom. The standard InChI is InChI=1S/C16H28F3N3O2.ClH/c1-24-11-6-15(4-2-3-5-15)14(23)21-12-13(16(17,18)19)22-9-7-20-8-10-22;/h13,20H,2-12H2,1H3,(H,21,23);1H. The van der Waals surface area contributed by atoms with Gasteiger partial charge in [0.25, 0.3) is 0 Å². The molecule has 0 aromatic heterocycles. The van der Waals surface area contributed by atoms with Crippen LogP contribution in [-0.4, -0.2) is 69.5 Å². The van der Waals surface area contributed by atoms with Gasteiger partial charge in [-0.3, -0.25) is 9.69 Å². The van der Waals surface area contributed by atoms with E-state index in [0.717, 1.165) is 25.7 Å². The minimum Gasteiger partial charge on any atom is -0.385 e. The Morgan fingerprint density at radius 2 is 1.88 bits per heavy atom. The van der Waals surface area contributed by atoms with Gasteiger partial charge in [-0.1, -0.05) is 12.8 Å². The SMILES string of the molecule is COCCC1(C(=O)NCC(N2CCNCC2)C(F)(F)F)CCCC1.Cl. The van der Waals surface area contributed by atoms with Crippen molar-refractivity contribution in [1.82, 2.24) is 15.5 Å². The molecule has 0 aromatic rings. The third kappa shape index (κ3) is 5.98. The normalized spacial score (nSPS) is 22.2. The lowest BCUT2D eigenvalue weighted by Crippen LogP contribution is -2.58. The fourth-order valence-corrected chi connectivity index (χ4v) is 3.76. The van der Waals surface area contributed by atoms with Crippen molar-refractivity contribution in [2.45, 2.75) is 44.3 Å². The first kappa shape index (κ1) is 22.5. The highest BCUT2D eigenvalue weighted by molar-refractivity contribution is 5.85. The molecule has 9 heteroatoms. The minimum absolute atomic E-state index is 0. The number of ether oxygens (including phenoxy) is 1. The van der Waals surface area contributed by atoms with Crippen molar-refractivity contribution in [1.29, 1.82) is 0 Å². The molecule has 0 radical (unpaired) electrons. The van der Waals surface area contributed by atoms with Crippen molar-refractivity contribution in [3.05, 3.63) is 0 Å². The van der Waals surface area contributed by atoms with Crippen LogP contribution in [0.1, 0.15) is 32.1 Å². The van der Waals surface area contributed by atoms with Crippen LogP contribution in [0.2, 0.25) is 0 Å². The van der Waals surface area contributed by atoms with Crippen LogP contribution < -0.4 is 10.6 Å². The molecule has 0 bridgehead atoms. The summed E-state index contributed by atoms with van der Waals surface area (Å²) in [6.07, 6.45) is -0.437. The van der Waals surface area contributed by atoms with Gasteiger partial charge in [-0.25, -0.2) is 0 Å². The van der Waals surface area contributed by atoms with Crippen LogP contribution >= 0.6 is 12.4 Å². The molecule has 25 heavy (non-hydrogen) atoms. The molecule has 2 aliphatic rings. The summed E-state index contributed by atoms with van der Waals surface area (Å²) in [7, 11) is 1.57. The second kappa shape index (κ2) is 9.94. The average molecular weight is 388 g/mol. The molecule has 2 fully saturated rings. The van der Waals surface area contributed by atoms with Crippen molar-refractivity contribution >= 4 is 18.3 Å².